The summed E-state index contributed by atoms with van der Waals surface area (Å²) in [4.78, 5) is 29.2. The molecule has 0 aliphatic carbocycles. The third-order valence-electron chi connectivity index (χ3n) is 5.12. The molecular formula is C21H28N2O3S. The van der Waals surface area contributed by atoms with Crippen LogP contribution in [0.3, 0.4) is 0 Å². The number of carbonyl (C=O) groups is 2. The van der Waals surface area contributed by atoms with Crippen molar-refractivity contribution >= 4 is 23.0 Å². The number of carbonyl (C=O) groups excluding carboxylic acids is 2. The van der Waals surface area contributed by atoms with Crippen molar-refractivity contribution in [3.8, 4) is 0 Å². The Morgan fingerprint density at radius 2 is 2.00 bits per heavy atom. The van der Waals surface area contributed by atoms with Crippen LogP contribution in [0.5, 0.6) is 0 Å². The number of Topliss-reactive ketones (excluding diaryl/α,β-unsaturated/α-hetero) is 1. The minimum absolute atomic E-state index is 0.0469. The minimum atomic E-state index is -0.0819. The zero-order chi connectivity index (χ0) is 19.2. The molecule has 0 aromatic carbocycles. The van der Waals surface area contributed by atoms with Crippen LogP contribution in [0.1, 0.15) is 64.0 Å². The highest BCUT2D eigenvalue weighted by Gasteiger charge is 2.25. The lowest BCUT2D eigenvalue weighted by Crippen LogP contribution is -2.40. The summed E-state index contributed by atoms with van der Waals surface area (Å²) in [5.74, 6) is 0.852. The quantitative estimate of drug-likeness (QED) is 0.686. The van der Waals surface area contributed by atoms with E-state index in [1.165, 1.54) is 19.3 Å². The van der Waals surface area contributed by atoms with Crippen molar-refractivity contribution in [2.75, 3.05) is 19.6 Å². The van der Waals surface area contributed by atoms with Crippen LogP contribution in [0.2, 0.25) is 0 Å². The van der Waals surface area contributed by atoms with Gasteiger partial charge in [0.1, 0.15) is 5.76 Å². The van der Waals surface area contributed by atoms with Gasteiger partial charge in [0.2, 0.25) is 5.91 Å². The van der Waals surface area contributed by atoms with E-state index < -0.39 is 0 Å². The number of amides is 1. The molecule has 27 heavy (non-hydrogen) atoms. The van der Waals surface area contributed by atoms with E-state index in [4.69, 9.17) is 4.42 Å². The van der Waals surface area contributed by atoms with E-state index in [0.29, 0.717) is 6.54 Å². The number of nitrogens with zero attached hydrogens (tertiary/aromatic N) is 1. The third-order valence-corrected chi connectivity index (χ3v) is 6.08. The van der Waals surface area contributed by atoms with Crippen LogP contribution in [0.4, 0.5) is 0 Å². The van der Waals surface area contributed by atoms with Gasteiger partial charge in [-0.1, -0.05) is 6.42 Å². The largest absolute Gasteiger partial charge is 0.468 e. The predicted octanol–water partition coefficient (Wildman–Crippen LogP) is 4.26. The molecular weight excluding hydrogens is 360 g/mol. The first kappa shape index (κ1) is 19.8. The minimum Gasteiger partial charge on any atom is -0.468 e. The van der Waals surface area contributed by atoms with E-state index in [1.807, 2.05) is 32.0 Å². The number of thiophene rings is 1. The lowest BCUT2D eigenvalue weighted by molar-refractivity contribution is -0.121. The molecule has 1 aliphatic rings. The van der Waals surface area contributed by atoms with Gasteiger partial charge in [-0.15, -0.1) is 11.3 Å². The van der Waals surface area contributed by atoms with Gasteiger partial charge in [0, 0.05) is 34.7 Å². The molecule has 1 atom stereocenters. The molecule has 3 rings (SSSR count). The van der Waals surface area contributed by atoms with Crippen molar-refractivity contribution in [3.05, 3.63) is 45.5 Å². The predicted molar refractivity (Wildman–Crippen MR) is 107 cm³/mol. The highest BCUT2D eigenvalue weighted by atomic mass is 32.1. The molecule has 0 bridgehead atoms. The van der Waals surface area contributed by atoms with Crippen molar-refractivity contribution in [3.63, 3.8) is 0 Å². The monoisotopic (exact) mass is 388 g/mol. The van der Waals surface area contributed by atoms with Crippen LogP contribution in [-0.4, -0.2) is 36.2 Å². The Labute approximate surface area is 164 Å². The van der Waals surface area contributed by atoms with Crippen molar-refractivity contribution < 1.29 is 14.0 Å². The van der Waals surface area contributed by atoms with Crippen LogP contribution >= 0.6 is 11.3 Å². The summed E-state index contributed by atoms with van der Waals surface area (Å²) in [6.45, 7) is 6.51. The summed E-state index contributed by atoms with van der Waals surface area (Å²) in [5, 5.41) is 3.00. The first-order chi connectivity index (χ1) is 13.0. The Bertz CT molecular complexity index is 760. The number of piperidine rings is 1. The van der Waals surface area contributed by atoms with Crippen molar-refractivity contribution in [2.45, 2.75) is 52.0 Å². The molecule has 0 saturated carbocycles. The van der Waals surface area contributed by atoms with Crippen molar-refractivity contribution in [1.29, 1.82) is 0 Å². The Morgan fingerprint density at radius 1 is 1.22 bits per heavy atom. The maximum atomic E-state index is 12.4. The number of ketones is 1. The number of aryl methyl sites for hydroxylation is 2. The Balaban J connectivity index is 1.51. The molecule has 2 aromatic heterocycles. The Morgan fingerprint density at radius 3 is 2.63 bits per heavy atom. The molecule has 1 fully saturated rings. The van der Waals surface area contributed by atoms with Gasteiger partial charge in [0.05, 0.1) is 12.3 Å². The molecule has 5 nitrogen and oxygen atoms in total. The summed E-state index contributed by atoms with van der Waals surface area (Å²) >= 11 is 1.62. The fourth-order valence-corrected chi connectivity index (χ4v) is 4.63. The zero-order valence-electron chi connectivity index (χ0n) is 16.1. The second kappa shape index (κ2) is 9.33. The van der Waals surface area contributed by atoms with Gasteiger partial charge in [-0.2, -0.15) is 0 Å². The van der Waals surface area contributed by atoms with E-state index in [-0.39, 0.29) is 30.6 Å². The average Bonchev–Trinajstić information content (AvgIpc) is 3.30. The number of nitrogens with one attached hydrogen (secondary N) is 1. The smallest absolute Gasteiger partial charge is 0.220 e. The van der Waals surface area contributed by atoms with E-state index in [9.17, 15) is 9.59 Å². The average molecular weight is 389 g/mol. The number of furan rings is 1. The lowest BCUT2D eigenvalue weighted by atomic mass is 10.1. The van der Waals surface area contributed by atoms with Gasteiger partial charge in [-0.3, -0.25) is 14.5 Å². The topological polar surface area (TPSA) is 62.6 Å². The number of likely N-dealkylation sites (tertiary alicyclic amines) is 1. The summed E-state index contributed by atoms with van der Waals surface area (Å²) < 4.78 is 5.61. The highest BCUT2D eigenvalue weighted by Crippen LogP contribution is 2.25. The number of hydrogen-bond acceptors (Lipinski definition) is 5. The summed E-state index contributed by atoms with van der Waals surface area (Å²) in [6, 6.07) is 5.83. The van der Waals surface area contributed by atoms with E-state index in [2.05, 4.69) is 10.2 Å². The second-order valence-electron chi connectivity index (χ2n) is 7.18. The van der Waals surface area contributed by atoms with E-state index >= 15 is 0 Å². The molecule has 6 heteroatoms. The summed E-state index contributed by atoms with van der Waals surface area (Å²) in [5.41, 5.74) is 0.757. The van der Waals surface area contributed by atoms with Crippen LogP contribution in [-0.2, 0) is 4.79 Å². The molecule has 146 valence electrons. The van der Waals surface area contributed by atoms with Gasteiger partial charge in [0.25, 0.3) is 0 Å². The van der Waals surface area contributed by atoms with Crippen LogP contribution in [0.25, 0.3) is 0 Å². The van der Waals surface area contributed by atoms with Gasteiger partial charge in [-0.05, 0) is 58.0 Å². The fraction of sp³-hybridized carbons (Fsp3) is 0.524. The molecule has 0 spiro atoms. The molecule has 1 unspecified atom stereocenters. The lowest BCUT2D eigenvalue weighted by Gasteiger charge is -2.33. The molecule has 1 saturated heterocycles. The van der Waals surface area contributed by atoms with Gasteiger partial charge in [-0.25, -0.2) is 0 Å². The number of hydrogen-bond donors (Lipinski definition) is 1. The zero-order valence-corrected chi connectivity index (χ0v) is 16.9. The Kier molecular flexibility index (Phi) is 6.85. The third kappa shape index (κ3) is 5.30. The summed E-state index contributed by atoms with van der Waals surface area (Å²) in [7, 11) is 0. The normalized spacial score (nSPS) is 16.2. The molecule has 3 heterocycles. The number of rotatable bonds is 8. The second-order valence-corrected chi connectivity index (χ2v) is 8.64. The molecule has 1 N–H and O–H groups in total. The standard InChI is InChI=1S/C21H28N2O3S/c1-15-13-17(16(2)27-15)19(24)8-9-21(25)22-14-18(20-7-6-12-26-20)23-10-4-3-5-11-23/h6-7,12-13,18H,3-5,8-11,14H2,1-2H3,(H,22,25). The molecule has 1 amide bonds. The summed E-state index contributed by atoms with van der Waals surface area (Å²) in [6.07, 6.45) is 5.77. The maximum absolute atomic E-state index is 12.4. The van der Waals surface area contributed by atoms with Crippen molar-refractivity contribution in [1.82, 2.24) is 10.2 Å². The van der Waals surface area contributed by atoms with Crippen LogP contribution < -0.4 is 5.32 Å². The first-order valence-corrected chi connectivity index (χ1v) is 10.5. The van der Waals surface area contributed by atoms with Crippen LogP contribution in [0, 0.1) is 13.8 Å². The van der Waals surface area contributed by atoms with E-state index in [1.54, 1.807) is 17.6 Å². The van der Waals surface area contributed by atoms with Gasteiger partial charge in [0.15, 0.2) is 5.78 Å². The van der Waals surface area contributed by atoms with Gasteiger partial charge >= 0.3 is 0 Å². The fourth-order valence-electron chi connectivity index (χ4n) is 3.69. The molecule has 1 aliphatic heterocycles. The van der Waals surface area contributed by atoms with Gasteiger partial charge < -0.3 is 9.73 Å². The maximum Gasteiger partial charge on any atom is 0.220 e. The van der Waals surface area contributed by atoms with Crippen LogP contribution in [0.15, 0.2) is 28.9 Å². The SMILES string of the molecule is Cc1cc(C(=O)CCC(=O)NCC(c2ccco2)N2CCCCC2)c(C)s1. The molecule has 0 radical (unpaired) electrons. The highest BCUT2D eigenvalue weighted by molar-refractivity contribution is 7.12. The molecule has 2 aromatic rings. The van der Waals surface area contributed by atoms with E-state index in [0.717, 1.165) is 34.2 Å². The van der Waals surface area contributed by atoms with Crippen molar-refractivity contribution in [2.24, 2.45) is 0 Å². The first-order valence-electron chi connectivity index (χ1n) is 9.69. The Hall–Kier alpha value is -1.92.